The third kappa shape index (κ3) is 2.74. The van der Waals surface area contributed by atoms with Crippen molar-refractivity contribution in [2.75, 3.05) is 0 Å². The molecule has 1 atom stereocenters. The van der Waals surface area contributed by atoms with Gasteiger partial charge in [-0.3, -0.25) is 4.79 Å². The smallest absolute Gasteiger partial charge is 0.138 e. The van der Waals surface area contributed by atoms with Crippen molar-refractivity contribution in [3.63, 3.8) is 0 Å². The highest BCUT2D eigenvalue weighted by Crippen LogP contribution is 2.23. The maximum atomic E-state index is 10.9. The summed E-state index contributed by atoms with van der Waals surface area (Å²) in [6.45, 7) is 5.14. The number of rotatable bonds is 3. The SMILES string of the molecule is C=CC1=CC=CC(Cl)(CC(C)=O)N1. The van der Waals surface area contributed by atoms with Gasteiger partial charge in [0.1, 0.15) is 10.8 Å². The molecule has 0 amide bonds. The number of ketones is 1. The molecule has 0 aromatic heterocycles. The Labute approximate surface area is 83.0 Å². The van der Waals surface area contributed by atoms with E-state index >= 15 is 0 Å². The van der Waals surface area contributed by atoms with E-state index in [4.69, 9.17) is 11.6 Å². The molecule has 0 aromatic carbocycles. The second kappa shape index (κ2) is 3.79. The molecule has 70 valence electrons. The molecule has 0 spiro atoms. The lowest BCUT2D eigenvalue weighted by Crippen LogP contribution is -2.39. The minimum atomic E-state index is -0.774. The van der Waals surface area contributed by atoms with Gasteiger partial charge in [0.05, 0.1) is 0 Å². The van der Waals surface area contributed by atoms with E-state index in [2.05, 4.69) is 11.9 Å². The molecule has 0 aromatic rings. The van der Waals surface area contributed by atoms with Gasteiger partial charge in [-0.05, 0) is 25.2 Å². The lowest BCUT2D eigenvalue weighted by atomic mass is 10.1. The van der Waals surface area contributed by atoms with E-state index in [0.717, 1.165) is 5.70 Å². The maximum absolute atomic E-state index is 10.9. The molecule has 1 N–H and O–H groups in total. The van der Waals surface area contributed by atoms with Gasteiger partial charge < -0.3 is 5.32 Å². The van der Waals surface area contributed by atoms with Gasteiger partial charge in [-0.25, -0.2) is 0 Å². The van der Waals surface area contributed by atoms with Crippen LogP contribution >= 0.6 is 11.6 Å². The Morgan fingerprint density at radius 1 is 1.85 bits per heavy atom. The summed E-state index contributed by atoms with van der Waals surface area (Å²) in [6, 6.07) is 0. The Hall–Kier alpha value is -1.02. The molecule has 1 unspecified atom stereocenters. The molecule has 3 heteroatoms. The van der Waals surface area contributed by atoms with Crippen LogP contribution in [-0.2, 0) is 4.79 Å². The fourth-order valence-corrected chi connectivity index (χ4v) is 1.58. The number of Topliss-reactive ketones (excluding diaryl/α,β-unsaturated/α-hetero) is 1. The maximum Gasteiger partial charge on any atom is 0.138 e. The number of carbonyl (C=O) groups is 1. The molecule has 1 heterocycles. The Kier molecular flexibility index (Phi) is 2.94. The zero-order valence-corrected chi connectivity index (χ0v) is 8.27. The van der Waals surface area contributed by atoms with Crippen molar-refractivity contribution in [2.45, 2.75) is 18.3 Å². The summed E-state index contributed by atoms with van der Waals surface area (Å²) in [5, 5.41) is 3.01. The van der Waals surface area contributed by atoms with Crippen LogP contribution in [0.15, 0.2) is 36.6 Å². The van der Waals surface area contributed by atoms with Gasteiger partial charge in [0.2, 0.25) is 0 Å². The average Bonchev–Trinajstić information content (AvgIpc) is 2.02. The van der Waals surface area contributed by atoms with E-state index < -0.39 is 5.00 Å². The number of dihydropyridines is 1. The summed E-state index contributed by atoms with van der Waals surface area (Å²) in [6.07, 6.45) is 7.39. The molecule has 1 aliphatic heterocycles. The molecule has 0 saturated heterocycles. The molecule has 0 saturated carbocycles. The molecule has 0 radical (unpaired) electrons. The minimum Gasteiger partial charge on any atom is -0.363 e. The van der Waals surface area contributed by atoms with Gasteiger partial charge >= 0.3 is 0 Å². The van der Waals surface area contributed by atoms with Crippen LogP contribution in [0.3, 0.4) is 0 Å². The van der Waals surface area contributed by atoms with E-state index in [1.165, 1.54) is 6.92 Å². The molecule has 0 aliphatic carbocycles. The normalized spacial score (nSPS) is 26.2. The van der Waals surface area contributed by atoms with Gasteiger partial charge in [-0.15, -0.1) is 0 Å². The van der Waals surface area contributed by atoms with Crippen molar-refractivity contribution in [2.24, 2.45) is 0 Å². The summed E-state index contributed by atoms with van der Waals surface area (Å²) in [5.74, 6) is 0.0532. The number of allylic oxidation sites excluding steroid dienone is 3. The van der Waals surface area contributed by atoms with Crippen LogP contribution in [0.1, 0.15) is 13.3 Å². The first-order valence-electron chi connectivity index (χ1n) is 4.04. The highest BCUT2D eigenvalue weighted by atomic mass is 35.5. The van der Waals surface area contributed by atoms with Gasteiger partial charge in [0.25, 0.3) is 0 Å². The molecule has 2 nitrogen and oxygen atoms in total. The molecule has 13 heavy (non-hydrogen) atoms. The summed E-state index contributed by atoms with van der Waals surface area (Å²) >= 11 is 6.14. The highest BCUT2D eigenvalue weighted by molar-refractivity contribution is 6.26. The van der Waals surface area contributed by atoms with Crippen LogP contribution in [0.25, 0.3) is 0 Å². The van der Waals surface area contributed by atoms with Crippen molar-refractivity contribution < 1.29 is 4.79 Å². The van der Waals surface area contributed by atoms with Gasteiger partial charge in [-0.1, -0.05) is 24.3 Å². The highest BCUT2D eigenvalue weighted by Gasteiger charge is 2.27. The van der Waals surface area contributed by atoms with E-state index in [9.17, 15) is 4.79 Å². The predicted molar refractivity (Wildman–Crippen MR) is 54.4 cm³/mol. The second-order valence-corrected chi connectivity index (χ2v) is 3.73. The zero-order valence-electron chi connectivity index (χ0n) is 7.51. The quantitative estimate of drug-likeness (QED) is 0.555. The summed E-state index contributed by atoms with van der Waals surface area (Å²) in [7, 11) is 0. The fraction of sp³-hybridized carbons (Fsp3) is 0.300. The summed E-state index contributed by atoms with van der Waals surface area (Å²) in [4.78, 5) is 10.1. The van der Waals surface area contributed by atoms with E-state index in [0.29, 0.717) is 0 Å². The number of nitrogens with one attached hydrogen (secondary N) is 1. The van der Waals surface area contributed by atoms with Crippen LogP contribution in [0, 0.1) is 0 Å². The molecule has 0 bridgehead atoms. The number of halogens is 1. The average molecular weight is 198 g/mol. The minimum absolute atomic E-state index is 0.0532. The third-order valence-electron chi connectivity index (χ3n) is 1.71. The first-order chi connectivity index (χ1) is 6.06. The number of hydrogen-bond acceptors (Lipinski definition) is 2. The molecule has 0 fully saturated rings. The topological polar surface area (TPSA) is 29.1 Å². The van der Waals surface area contributed by atoms with Crippen LogP contribution in [0.5, 0.6) is 0 Å². The van der Waals surface area contributed by atoms with Crippen molar-refractivity contribution in [1.82, 2.24) is 5.32 Å². The van der Waals surface area contributed by atoms with Crippen LogP contribution in [0.4, 0.5) is 0 Å². The Balaban J connectivity index is 2.74. The Morgan fingerprint density at radius 2 is 2.54 bits per heavy atom. The lowest BCUT2D eigenvalue weighted by molar-refractivity contribution is -0.117. The molecule has 1 rings (SSSR count). The first kappa shape index (κ1) is 10.1. The van der Waals surface area contributed by atoms with E-state index in [1.54, 1.807) is 12.2 Å². The predicted octanol–water partition coefficient (Wildman–Crippen LogP) is 2.13. The van der Waals surface area contributed by atoms with Crippen LogP contribution in [0.2, 0.25) is 0 Å². The largest absolute Gasteiger partial charge is 0.363 e. The van der Waals surface area contributed by atoms with Crippen molar-refractivity contribution >= 4 is 17.4 Å². The number of alkyl halides is 1. The van der Waals surface area contributed by atoms with Gasteiger partial charge in [-0.2, -0.15) is 0 Å². The van der Waals surface area contributed by atoms with E-state index in [1.807, 2.05) is 12.2 Å². The van der Waals surface area contributed by atoms with Crippen LogP contribution in [-0.4, -0.2) is 10.8 Å². The van der Waals surface area contributed by atoms with Crippen molar-refractivity contribution in [3.05, 3.63) is 36.6 Å². The number of carbonyl (C=O) groups excluding carboxylic acids is 1. The first-order valence-corrected chi connectivity index (χ1v) is 4.42. The standard InChI is InChI=1S/C10H12ClNO/c1-3-9-5-4-6-10(11,12-9)7-8(2)13/h3-6,12H,1,7H2,2H3. The zero-order chi connectivity index (χ0) is 9.90. The van der Waals surface area contributed by atoms with Crippen molar-refractivity contribution in [1.29, 1.82) is 0 Å². The van der Waals surface area contributed by atoms with Crippen LogP contribution < -0.4 is 5.32 Å². The Morgan fingerprint density at radius 3 is 3.08 bits per heavy atom. The lowest BCUT2D eigenvalue weighted by Gasteiger charge is -2.27. The number of hydrogen-bond donors (Lipinski definition) is 1. The summed E-state index contributed by atoms with van der Waals surface area (Å²) in [5.41, 5.74) is 0.832. The van der Waals surface area contributed by atoms with Crippen molar-refractivity contribution in [3.8, 4) is 0 Å². The molecule has 1 aliphatic rings. The monoisotopic (exact) mass is 197 g/mol. The second-order valence-electron chi connectivity index (χ2n) is 3.05. The van der Waals surface area contributed by atoms with E-state index in [-0.39, 0.29) is 12.2 Å². The third-order valence-corrected chi connectivity index (χ3v) is 2.07. The fourth-order valence-electron chi connectivity index (χ4n) is 1.21. The molecular weight excluding hydrogens is 186 g/mol. The molecular formula is C10H12ClNO. The summed E-state index contributed by atoms with van der Waals surface area (Å²) < 4.78 is 0. The Bertz CT molecular complexity index is 293. The van der Waals surface area contributed by atoms with Gasteiger partial charge in [0.15, 0.2) is 0 Å². The van der Waals surface area contributed by atoms with Gasteiger partial charge in [0, 0.05) is 12.1 Å².